The SMILES string of the molecule is CC(C)COc1cccc(-c2ccc3c(c2)N(CC(C)C)CCCN(C(C)C)CCN(C(=O)C(=O)O)C3)c1. The molecule has 7 heteroatoms. The van der Waals surface area contributed by atoms with Crippen LogP contribution in [0, 0.1) is 11.8 Å². The molecule has 1 aliphatic rings. The van der Waals surface area contributed by atoms with Gasteiger partial charge in [0.15, 0.2) is 0 Å². The Labute approximate surface area is 228 Å². The minimum atomic E-state index is -1.41. The lowest BCUT2D eigenvalue weighted by molar-refractivity contribution is -0.156. The number of ether oxygens (including phenoxy) is 1. The Morgan fingerprint density at radius 1 is 0.895 bits per heavy atom. The van der Waals surface area contributed by atoms with E-state index < -0.39 is 11.9 Å². The van der Waals surface area contributed by atoms with Gasteiger partial charge in [0.1, 0.15) is 5.75 Å². The molecule has 0 bridgehead atoms. The first-order valence-electron chi connectivity index (χ1n) is 13.9. The number of rotatable bonds is 7. The summed E-state index contributed by atoms with van der Waals surface area (Å²) >= 11 is 0. The average molecular weight is 524 g/mol. The smallest absolute Gasteiger partial charge is 0.394 e. The number of amides is 1. The Morgan fingerprint density at radius 2 is 1.63 bits per heavy atom. The molecule has 38 heavy (non-hydrogen) atoms. The van der Waals surface area contributed by atoms with Gasteiger partial charge in [-0.3, -0.25) is 9.69 Å². The van der Waals surface area contributed by atoms with E-state index >= 15 is 0 Å². The summed E-state index contributed by atoms with van der Waals surface area (Å²) in [4.78, 5) is 30.6. The van der Waals surface area contributed by atoms with Crippen molar-refractivity contribution < 1.29 is 19.4 Å². The molecule has 0 atom stereocenters. The Balaban J connectivity index is 2.05. The zero-order valence-electron chi connectivity index (χ0n) is 23.9. The molecule has 0 saturated carbocycles. The molecule has 208 valence electrons. The number of carbonyl (C=O) groups excluding carboxylic acids is 1. The molecule has 0 spiro atoms. The summed E-state index contributed by atoms with van der Waals surface area (Å²) in [6, 6.07) is 14.8. The largest absolute Gasteiger partial charge is 0.493 e. The molecule has 0 saturated heterocycles. The number of fused-ring (bicyclic) bond motifs is 1. The molecule has 3 rings (SSSR count). The Hall–Kier alpha value is -3.06. The molecule has 1 amide bonds. The van der Waals surface area contributed by atoms with Gasteiger partial charge < -0.3 is 19.6 Å². The summed E-state index contributed by atoms with van der Waals surface area (Å²) in [6.45, 7) is 17.6. The fraction of sp³-hybridized carbons (Fsp3) is 0.548. The van der Waals surface area contributed by atoms with Crippen molar-refractivity contribution in [1.82, 2.24) is 9.80 Å². The normalized spacial score (nSPS) is 15.5. The van der Waals surface area contributed by atoms with Gasteiger partial charge >= 0.3 is 11.9 Å². The number of hydrogen-bond donors (Lipinski definition) is 1. The van der Waals surface area contributed by atoms with Gasteiger partial charge in [-0.2, -0.15) is 0 Å². The predicted octanol–water partition coefficient (Wildman–Crippen LogP) is 5.38. The van der Waals surface area contributed by atoms with Crippen LogP contribution in [0.2, 0.25) is 0 Å². The standard InChI is InChI=1S/C31H45N3O4/c1-22(2)19-33-14-8-13-32(24(5)6)15-16-34(30(35)31(36)37)20-27-12-11-26(18-29(27)33)25-9-7-10-28(17-25)38-21-23(3)4/h7,9-12,17-18,22-24H,8,13-16,19-21H2,1-6H3,(H,36,37). The zero-order valence-corrected chi connectivity index (χ0v) is 23.9. The van der Waals surface area contributed by atoms with Crippen LogP contribution in [-0.2, 0) is 16.1 Å². The fourth-order valence-corrected chi connectivity index (χ4v) is 4.89. The lowest BCUT2D eigenvalue weighted by Gasteiger charge is -2.31. The first-order chi connectivity index (χ1) is 18.0. The van der Waals surface area contributed by atoms with Crippen molar-refractivity contribution in [2.45, 2.75) is 60.5 Å². The number of carbonyl (C=O) groups is 2. The monoisotopic (exact) mass is 523 g/mol. The van der Waals surface area contributed by atoms with E-state index in [1.54, 1.807) is 0 Å². The molecule has 0 fully saturated rings. The second-order valence-corrected chi connectivity index (χ2v) is 11.4. The molecule has 1 heterocycles. The van der Waals surface area contributed by atoms with E-state index in [9.17, 15) is 14.7 Å². The highest BCUT2D eigenvalue weighted by Gasteiger charge is 2.26. The first-order valence-corrected chi connectivity index (χ1v) is 13.9. The predicted molar refractivity (Wildman–Crippen MR) is 154 cm³/mol. The van der Waals surface area contributed by atoms with Crippen molar-refractivity contribution in [3.63, 3.8) is 0 Å². The fourth-order valence-electron chi connectivity index (χ4n) is 4.89. The summed E-state index contributed by atoms with van der Waals surface area (Å²) in [6.07, 6.45) is 0.986. The molecule has 0 aliphatic carbocycles. The van der Waals surface area contributed by atoms with Crippen LogP contribution in [-0.4, -0.2) is 72.2 Å². The highest BCUT2D eigenvalue weighted by molar-refractivity contribution is 6.31. The van der Waals surface area contributed by atoms with E-state index in [1.165, 1.54) is 4.90 Å². The molecule has 1 N–H and O–H groups in total. The summed E-state index contributed by atoms with van der Waals surface area (Å²) in [7, 11) is 0. The second kappa shape index (κ2) is 13.7. The van der Waals surface area contributed by atoms with E-state index in [2.05, 4.69) is 81.7 Å². The number of aliphatic carboxylic acids is 1. The maximum atomic E-state index is 12.7. The van der Waals surface area contributed by atoms with Gasteiger partial charge in [0.25, 0.3) is 0 Å². The molecule has 0 aromatic heterocycles. The third-order valence-corrected chi connectivity index (χ3v) is 6.85. The maximum absolute atomic E-state index is 12.7. The van der Waals surface area contributed by atoms with Gasteiger partial charge in [-0.05, 0) is 67.0 Å². The second-order valence-electron chi connectivity index (χ2n) is 11.4. The van der Waals surface area contributed by atoms with Crippen LogP contribution < -0.4 is 9.64 Å². The highest BCUT2D eigenvalue weighted by atomic mass is 16.5. The summed E-state index contributed by atoms with van der Waals surface area (Å²) < 4.78 is 5.97. The van der Waals surface area contributed by atoms with Crippen LogP contribution in [0.3, 0.4) is 0 Å². The van der Waals surface area contributed by atoms with Crippen molar-refractivity contribution in [2.75, 3.05) is 44.2 Å². The number of nitrogens with zero attached hydrogens (tertiary/aromatic N) is 3. The Morgan fingerprint density at radius 3 is 2.29 bits per heavy atom. The van der Waals surface area contributed by atoms with Gasteiger partial charge in [-0.15, -0.1) is 0 Å². The zero-order chi connectivity index (χ0) is 27.8. The molecule has 2 aromatic rings. The average Bonchev–Trinajstić information content (AvgIpc) is 2.90. The summed E-state index contributed by atoms with van der Waals surface area (Å²) in [5, 5.41) is 9.54. The quantitative estimate of drug-likeness (QED) is 0.492. The molecule has 1 aliphatic heterocycles. The maximum Gasteiger partial charge on any atom is 0.394 e. The summed E-state index contributed by atoms with van der Waals surface area (Å²) in [5.41, 5.74) is 4.17. The third kappa shape index (κ3) is 8.22. The van der Waals surface area contributed by atoms with E-state index in [0.717, 1.165) is 54.2 Å². The molecule has 7 nitrogen and oxygen atoms in total. The third-order valence-electron chi connectivity index (χ3n) is 6.85. The van der Waals surface area contributed by atoms with E-state index in [4.69, 9.17) is 4.74 Å². The molecule has 2 aromatic carbocycles. The van der Waals surface area contributed by atoms with Gasteiger partial charge in [-0.25, -0.2) is 4.79 Å². The Bertz CT molecular complexity index is 1080. The van der Waals surface area contributed by atoms with Crippen molar-refractivity contribution in [3.8, 4) is 16.9 Å². The molecule has 0 radical (unpaired) electrons. The number of anilines is 1. The van der Waals surface area contributed by atoms with E-state index in [0.29, 0.717) is 37.6 Å². The van der Waals surface area contributed by atoms with Crippen LogP contribution in [0.15, 0.2) is 42.5 Å². The van der Waals surface area contributed by atoms with Crippen LogP contribution in [0.5, 0.6) is 5.75 Å². The number of hydrogen-bond acceptors (Lipinski definition) is 5. The van der Waals surface area contributed by atoms with Gasteiger partial charge in [-0.1, -0.05) is 52.0 Å². The van der Waals surface area contributed by atoms with Gasteiger partial charge in [0, 0.05) is 51.0 Å². The van der Waals surface area contributed by atoms with Crippen LogP contribution in [0.25, 0.3) is 11.1 Å². The van der Waals surface area contributed by atoms with Crippen molar-refractivity contribution >= 4 is 17.6 Å². The van der Waals surface area contributed by atoms with Crippen molar-refractivity contribution in [1.29, 1.82) is 0 Å². The van der Waals surface area contributed by atoms with Crippen LogP contribution in [0.4, 0.5) is 5.69 Å². The number of carboxylic acid groups (broad SMARTS) is 1. The van der Waals surface area contributed by atoms with Gasteiger partial charge in [0.2, 0.25) is 0 Å². The van der Waals surface area contributed by atoms with E-state index in [1.807, 2.05) is 12.1 Å². The molecule has 0 unspecified atom stereocenters. The molecular weight excluding hydrogens is 478 g/mol. The topological polar surface area (TPSA) is 73.3 Å². The Kier molecular flexibility index (Phi) is 10.6. The van der Waals surface area contributed by atoms with E-state index in [-0.39, 0.29) is 6.54 Å². The first kappa shape index (κ1) is 29.5. The number of benzene rings is 2. The van der Waals surface area contributed by atoms with Crippen molar-refractivity contribution in [2.24, 2.45) is 11.8 Å². The number of carboxylic acids is 1. The minimum Gasteiger partial charge on any atom is -0.493 e. The van der Waals surface area contributed by atoms with Gasteiger partial charge in [0.05, 0.1) is 6.61 Å². The minimum absolute atomic E-state index is 0.263. The highest BCUT2D eigenvalue weighted by Crippen LogP contribution is 2.32. The van der Waals surface area contributed by atoms with Crippen molar-refractivity contribution in [3.05, 3.63) is 48.0 Å². The van der Waals surface area contributed by atoms with Crippen LogP contribution in [0.1, 0.15) is 53.5 Å². The van der Waals surface area contributed by atoms with Crippen LogP contribution >= 0.6 is 0 Å². The lowest BCUT2D eigenvalue weighted by Crippen LogP contribution is -2.43. The lowest BCUT2D eigenvalue weighted by atomic mass is 10.00. The molecular formula is C31H45N3O4. The summed E-state index contributed by atoms with van der Waals surface area (Å²) in [5.74, 6) is -0.527.